The van der Waals surface area contributed by atoms with Crippen LogP contribution in [0.5, 0.6) is 5.75 Å². The maximum Gasteiger partial charge on any atom is 0.341 e. The van der Waals surface area contributed by atoms with Gasteiger partial charge in [0.2, 0.25) is 0 Å². The minimum Gasteiger partial charge on any atom is -0.496 e. The highest BCUT2D eigenvalue weighted by Gasteiger charge is 2.33. The van der Waals surface area contributed by atoms with Crippen molar-refractivity contribution in [2.45, 2.75) is 52.1 Å². The van der Waals surface area contributed by atoms with Crippen molar-refractivity contribution in [1.82, 2.24) is 0 Å². The molecule has 1 N–H and O–H groups in total. The predicted octanol–water partition coefficient (Wildman–Crippen LogP) is 3.80. The second-order valence-electron chi connectivity index (χ2n) is 6.04. The predicted molar refractivity (Wildman–Crippen MR) is 97.1 cm³/mol. The van der Waals surface area contributed by atoms with Crippen molar-refractivity contribution >= 4 is 17.6 Å². The molecule has 0 bridgehead atoms. The molecule has 0 aliphatic carbocycles. The smallest absolute Gasteiger partial charge is 0.341 e. The molecule has 0 heterocycles. The second-order valence-corrected chi connectivity index (χ2v) is 6.04. The Hall–Kier alpha value is -2.08. The number of ether oxygens (including phenoxy) is 3. The molecule has 25 heavy (non-hydrogen) atoms. The molecule has 1 atom stereocenters. The Morgan fingerprint density at radius 1 is 1.16 bits per heavy atom. The van der Waals surface area contributed by atoms with Crippen LogP contribution in [0.1, 0.15) is 56.8 Å². The summed E-state index contributed by atoms with van der Waals surface area (Å²) in [5.74, 6) is -0.361. The molecule has 0 unspecified atom stereocenters. The van der Waals surface area contributed by atoms with Crippen molar-refractivity contribution in [3.05, 3.63) is 23.8 Å². The van der Waals surface area contributed by atoms with Gasteiger partial charge in [0, 0.05) is 12.3 Å². The zero-order chi connectivity index (χ0) is 18.9. The molecule has 140 valence electrons. The normalized spacial score (nSPS) is 13.0. The summed E-state index contributed by atoms with van der Waals surface area (Å²) in [5, 5.41) is 2.84. The Balaban J connectivity index is 3.01. The summed E-state index contributed by atoms with van der Waals surface area (Å²) >= 11 is 0. The lowest BCUT2D eigenvalue weighted by molar-refractivity contribution is -0.140. The van der Waals surface area contributed by atoms with Gasteiger partial charge >= 0.3 is 5.97 Å². The first-order valence-corrected chi connectivity index (χ1v) is 8.63. The van der Waals surface area contributed by atoms with Crippen LogP contribution in [-0.4, -0.2) is 38.3 Å². The molecule has 0 saturated carbocycles. The number of hydrogen-bond donors (Lipinski definition) is 1. The van der Waals surface area contributed by atoms with Crippen LogP contribution in [0.25, 0.3) is 0 Å². The van der Waals surface area contributed by atoms with Crippen LogP contribution in [0.2, 0.25) is 0 Å². The van der Waals surface area contributed by atoms with Gasteiger partial charge in [0.15, 0.2) is 0 Å². The molecular weight excluding hydrogens is 322 g/mol. The number of methoxy groups -OCH3 is 2. The first-order chi connectivity index (χ1) is 11.9. The Bertz CT molecular complexity index is 577. The van der Waals surface area contributed by atoms with Crippen LogP contribution >= 0.6 is 0 Å². The number of rotatable bonds is 10. The number of carbonyl (C=O) groups excluding carboxylic acids is 2. The monoisotopic (exact) mass is 351 g/mol. The summed E-state index contributed by atoms with van der Waals surface area (Å²) in [6.45, 7) is 6.40. The molecule has 1 rings (SSSR count). The van der Waals surface area contributed by atoms with E-state index in [4.69, 9.17) is 14.2 Å². The van der Waals surface area contributed by atoms with E-state index < -0.39 is 11.6 Å². The first kappa shape index (κ1) is 21.0. The first-order valence-electron chi connectivity index (χ1n) is 8.63. The number of anilines is 1. The van der Waals surface area contributed by atoms with Gasteiger partial charge in [-0.1, -0.05) is 26.7 Å². The van der Waals surface area contributed by atoms with Crippen LogP contribution in [0, 0.1) is 0 Å². The standard InChI is InChI=1S/C19H29NO5/c1-6-8-11-19(3,25-12-7-2)18(22)20-14-9-10-16(23-4)15(13-14)17(21)24-5/h9-10,13H,6-8,11-12H2,1-5H3,(H,20,22)/t19-/m0/s1. The Labute approximate surface area is 149 Å². The van der Waals surface area contributed by atoms with Crippen LogP contribution < -0.4 is 10.1 Å². The fourth-order valence-electron chi connectivity index (χ4n) is 2.41. The van der Waals surface area contributed by atoms with Gasteiger partial charge in [0.1, 0.15) is 16.9 Å². The zero-order valence-corrected chi connectivity index (χ0v) is 15.8. The van der Waals surface area contributed by atoms with Crippen molar-refractivity contribution in [3.63, 3.8) is 0 Å². The maximum absolute atomic E-state index is 12.8. The van der Waals surface area contributed by atoms with Crippen molar-refractivity contribution in [2.75, 3.05) is 26.1 Å². The zero-order valence-electron chi connectivity index (χ0n) is 15.8. The molecular formula is C19H29NO5. The van der Waals surface area contributed by atoms with Crippen LogP contribution in [-0.2, 0) is 14.3 Å². The number of hydrogen-bond acceptors (Lipinski definition) is 5. The Kier molecular flexibility index (Phi) is 8.41. The van der Waals surface area contributed by atoms with Gasteiger partial charge in [-0.05, 0) is 38.0 Å². The van der Waals surface area contributed by atoms with Crippen LogP contribution in [0.3, 0.4) is 0 Å². The summed E-state index contributed by atoms with van der Waals surface area (Å²) < 4.78 is 15.7. The van der Waals surface area contributed by atoms with E-state index in [1.165, 1.54) is 14.2 Å². The number of carbonyl (C=O) groups is 2. The number of amides is 1. The topological polar surface area (TPSA) is 73.9 Å². The van der Waals surface area contributed by atoms with E-state index in [0.717, 1.165) is 19.3 Å². The molecule has 1 aromatic carbocycles. The molecule has 1 amide bonds. The van der Waals surface area contributed by atoms with Crippen molar-refractivity contribution in [2.24, 2.45) is 0 Å². The molecule has 0 aromatic heterocycles. The molecule has 0 aliphatic rings. The highest BCUT2D eigenvalue weighted by molar-refractivity contribution is 5.99. The average Bonchev–Trinajstić information content (AvgIpc) is 2.63. The van der Waals surface area contributed by atoms with Crippen molar-refractivity contribution < 1.29 is 23.8 Å². The van der Waals surface area contributed by atoms with Gasteiger partial charge in [0.05, 0.1) is 14.2 Å². The number of benzene rings is 1. The molecule has 0 radical (unpaired) electrons. The van der Waals surface area contributed by atoms with Crippen LogP contribution in [0.15, 0.2) is 18.2 Å². The second kappa shape index (κ2) is 10.0. The van der Waals surface area contributed by atoms with Gasteiger partial charge in [0.25, 0.3) is 5.91 Å². The van der Waals surface area contributed by atoms with Crippen molar-refractivity contribution in [3.8, 4) is 5.75 Å². The average molecular weight is 351 g/mol. The molecule has 0 saturated heterocycles. The van der Waals surface area contributed by atoms with E-state index in [9.17, 15) is 9.59 Å². The SMILES string of the molecule is CCCC[C@](C)(OCCC)C(=O)Nc1ccc(OC)c(C(=O)OC)c1. The fraction of sp³-hybridized carbons (Fsp3) is 0.579. The third-order valence-electron chi connectivity index (χ3n) is 3.98. The van der Waals surface area contributed by atoms with Gasteiger partial charge in [-0.2, -0.15) is 0 Å². The molecule has 1 aromatic rings. The van der Waals surface area contributed by atoms with Gasteiger partial charge in [-0.3, -0.25) is 4.79 Å². The maximum atomic E-state index is 12.8. The van der Waals surface area contributed by atoms with E-state index in [-0.39, 0.29) is 11.5 Å². The summed E-state index contributed by atoms with van der Waals surface area (Å²) in [6.07, 6.45) is 3.34. The van der Waals surface area contributed by atoms with E-state index in [0.29, 0.717) is 24.5 Å². The molecule has 0 spiro atoms. The highest BCUT2D eigenvalue weighted by atomic mass is 16.5. The molecule has 6 heteroatoms. The Morgan fingerprint density at radius 3 is 2.44 bits per heavy atom. The quantitative estimate of drug-likeness (QED) is 0.649. The number of esters is 1. The van der Waals surface area contributed by atoms with Gasteiger partial charge in [-0.15, -0.1) is 0 Å². The highest BCUT2D eigenvalue weighted by Crippen LogP contribution is 2.26. The van der Waals surface area contributed by atoms with Crippen molar-refractivity contribution in [1.29, 1.82) is 0 Å². The summed E-state index contributed by atoms with van der Waals surface area (Å²) in [7, 11) is 2.77. The summed E-state index contributed by atoms with van der Waals surface area (Å²) in [5.41, 5.74) is -0.154. The number of nitrogens with one attached hydrogen (secondary N) is 1. The molecule has 0 aliphatic heterocycles. The number of unbranched alkanes of at least 4 members (excludes halogenated alkanes) is 1. The van der Waals surface area contributed by atoms with Crippen LogP contribution in [0.4, 0.5) is 5.69 Å². The lowest BCUT2D eigenvalue weighted by Gasteiger charge is -2.28. The Morgan fingerprint density at radius 2 is 1.88 bits per heavy atom. The van der Waals surface area contributed by atoms with E-state index >= 15 is 0 Å². The van der Waals surface area contributed by atoms with E-state index in [2.05, 4.69) is 12.2 Å². The third-order valence-corrected chi connectivity index (χ3v) is 3.98. The fourth-order valence-corrected chi connectivity index (χ4v) is 2.41. The third kappa shape index (κ3) is 5.74. The molecule has 0 fully saturated rings. The summed E-state index contributed by atoms with van der Waals surface area (Å²) in [6, 6.07) is 4.85. The van der Waals surface area contributed by atoms with Gasteiger partial charge < -0.3 is 19.5 Å². The lowest BCUT2D eigenvalue weighted by atomic mass is 9.97. The molecule has 6 nitrogen and oxygen atoms in total. The largest absolute Gasteiger partial charge is 0.496 e. The van der Waals surface area contributed by atoms with E-state index in [1.54, 1.807) is 25.1 Å². The lowest BCUT2D eigenvalue weighted by Crippen LogP contribution is -2.43. The summed E-state index contributed by atoms with van der Waals surface area (Å²) in [4.78, 5) is 24.6. The minimum atomic E-state index is -0.905. The van der Waals surface area contributed by atoms with Gasteiger partial charge in [-0.25, -0.2) is 4.79 Å². The minimum absolute atomic E-state index is 0.226. The van der Waals surface area contributed by atoms with E-state index in [1.807, 2.05) is 6.92 Å².